The number of quaternary nitrogens is 2. The van der Waals surface area contributed by atoms with Crippen LogP contribution in [-0.2, 0) is 13.1 Å². The van der Waals surface area contributed by atoms with Gasteiger partial charge in [-0.3, -0.25) is 4.79 Å². The standard InChI is InChI=1S/C22H28N4O/c1-4-26-17(2)13-21(18(26)3)22(27)16-25-11-9-24(10-12-25)15-20-7-5-19(14-23)6-8-20/h5-8,13H,4,9-12,15-16H2,1-3H3/p+2. The van der Waals surface area contributed by atoms with E-state index in [-0.39, 0.29) is 5.78 Å². The lowest BCUT2D eigenvalue weighted by Crippen LogP contribution is -3.27. The molecule has 27 heavy (non-hydrogen) atoms. The Balaban J connectivity index is 1.52. The highest BCUT2D eigenvalue weighted by atomic mass is 16.1. The number of hydrogen-bond acceptors (Lipinski definition) is 2. The van der Waals surface area contributed by atoms with Crippen molar-refractivity contribution >= 4 is 5.78 Å². The average Bonchev–Trinajstić information content (AvgIpc) is 2.97. The van der Waals surface area contributed by atoms with E-state index in [0.717, 1.165) is 50.5 Å². The van der Waals surface area contributed by atoms with Gasteiger partial charge in [0.2, 0.25) is 5.78 Å². The lowest BCUT2D eigenvalue weighted by Gasteiger charge is -2.29. The second kappa shape index (κ2) is 8.51. The number of carbonyl (C=O) groups excluding carboxylic acids is 1. The van der Waals surface area contributed by atoms with Crippen LogP contribution in [0.25, 0.3) is 0 Å². The van der Waals surface area contributed by atoms with Crippen LogP contribution in [0.15, 0.2) is 30.3 Å². The van der Waals surface area contributed by atoms with Crippen LogP contribution in [0.5, 0.6) is 0 Å². The zero-order valence-corrected chi connectivity index (χ0v) is 16.6. The maximum Gasteiger partial charge on any atom is 0.218 e. The SMILES string of the molecule is CCn1c(C)cc(C(=O)C[NH+]2CC[NH+](Cc3ccc(C#N)cc3)CC2)c1C. The van der Waals surface area contributed by atoms with Crippen LogP contribution in [0.3, 0.4) is 0 Å². The minimum atomic E-state index is 0.272. The van der Waals surface area contributed by atoms with E-state index in [1.807, 2.05) is 18.2 Å². The van der Waals surface area contributed by atoms with Crippen LogP contribution < -0.4 is 9.80 Å². The van der Waals surface area contributed by atoms with E-state index >= 15 is 0 Å². The van der Waals surface area contributed by atoms with Gasteiger partial charge in [-0.1, -0.05) is 12.1 Å². The zero-order chi connectivity index (χ0) is 19.4. The van der Waals surface area contributed by atoms with Crippen molar-refractivity contribution in [3.63, 3.8) is 0 Å². The minimum absolute atomic E-state index is 0.272. The summed E-state index contributed by atoms with van der Waals surface area (Å²) in [6.45, 7) is 13.0. The molecule has 0 spiro atoms. The van der Waals surface area contributed by atoms with E-state index in [1.165, 1.54) is 16.2 Å². The molecular formula is C22H30N4O+2. The molecule has 2 N–H and O–H groups in total. The molecule has 1 aliphatic heterocycles. The highest BCUT2D eigenvalue weighted by molar-refractivity contribution is 5.98. The first-order valence-electron chi connectivity index (χ1n) is 9.88. The summed E-state index contributed by atoms with van der Waals surface area (Å²) in [7, 11) is 0. The smallest absolute Gasteiger partial charge is 0.218 e. The predicted molar refractivity (Wildman–Crippen MR) is 105 cm³/mol. The minimum Gasteiger partial charge on any atom is -0.349 e. The van der Waals surface area contributed by atoms with E-state index in [4.69, 9.17) is 5.26 Å². The maximum atomic E-state index is 12.8. The quantitative estimate of drug-likeness (QED) is 0.716. The normalized spacial score (nSPS) is 19.6. The molecule has 1 saturated heterocycles. The van der Waals surface area contributed by atoms with E-state index in [0.29, 0.717) is 12.1 Å². The van der Waals surface area contributed by atoms with Crippen molar-refractivity contribution in [1.29, 1.82) is 5.26 Å². The van der Waals surface area contributed by atoms with Gasteiger partial charge in [0.05, 0.1) is 11.6 Å². The summed E-state index contributed by atoms with van der Waals surface area (Å²) in [5, 5.41) is 8.89. The van der Waals surface area contributed by atoms with Crippen molar-refractivity contribution in [2.45, 2.75) is 33.9 Å². The van der Waals surface area contributed by atoms with Crippen LogP contribution in [0.1, 0.15) is 39.8 Å². The molecule has 0 atom stereocenters. The fraction of sp³-hybridized carbons (Fsp3) is 0.455. The van der Waals surface area contributed by atoms with Crippen LogP contribution in [0.2, 0.25) is 0 Å². The molecule has 1 aromatic heterocycles. The van der Waals surface area contributed by atoms with Crippen LogP contribution in [-0.4, -0.2) is 43.1 Å². The van der Waals surface area contributed by atoms with Gasteiger partial charge < -0.3 is 14.4 Å². The van der Waals surface area contributed by atoms with Crippen molar-refractivity contribution in [1.82, 2.24) is 4.57 Å². The Bertz CT molecular complexity index is 836. The zero-order valence-electron chi connectivity index (χ0n) is 16.6. The van der Waals surface area contributed by atoms with Crippen LogP contribution in [0.4, 0.5) is 0 Å². The lowest BCUT2D eigenvalue weighted by molar-refractivity contribution is -1.01. The second-order valence-electron chi connectivity index (χ2n) is 7.61. The molecule has 3 rings (SSSR count). The number of Topliss-reactive ketones (excluding diaryl/α,β-unsaturated/α-hetero) is 1. The van der Waals surface area contributed by atoms with Crippen molar-refractivity contribution in [3.05, 3.63) is 58.4 Å². The van der Waals surface area contributed by atoms with Gasteiger partial charge >= 0.3 is 0 Å². The molecule has 2 aromatic rings. The van der Waals surface area contributed by atoms with Crippen molar-refractivity contribution < 1.29 is 14.6 Å². The first kappa shape index (κ1) is 19.3. The van der Waals surface area contributed by atoms with Gasteiger partial charge in [-0.25, -0.2) is 0 Å². The number of hydrogen-bond donors (Lipinski definition) is 2. The molecule has 1 fully saturated rings. The number of piperazine rings is 1. The van der Waals surface area contributed by atoms with E-state index < -0.39 is 0 Å². The summed E-state index contributed by atoms with van der Waals surface area (Å²) < 4.78 is 2.21. The molecule has 2 heterocycles. The Hall–Kier alpha value is -2.42. The number of ketones is 1. The topological polar surface area (TPSA) is 54.7 Å². The van der Waals surface area contributed by atoms with E-state index in [2.05, 4.69) is 43.5 Å². The number of nitriles is 1. The first-order chi connectivity index (χ1) is 13.0. The van der Waals surface area contributed by atoms with Crippen molar-refractivity contribution in [2.24, 2.45) is 0 Å². The third kappa shape index (κ3) is 4.47. The molecular weight excluding hydrogens is 336 g/mol. The molecule has 0 unspecified atom stereocenters. The van der Waals surface area contributed by atoms with Crippen LogP contribution >= 0.6 is 0 Å². The summed E-state index contributed by atoms with van der Waals surface area (Å²) in [6, 6.07) is 12.1. The average molecular weight is 367 g/mol. The Labute approximate surface area is 161 Å². The number of aryl methyl sites for hydroxylation is 1. The Kier molecular flexibility index (Phi) is 6.10. The van der Waals surface area contributed by atoms with Gasteiger partial charge in [-0.05, 0) is 39.0 Å². The van der Waals surface area contributed by atoms with Gasteiger partial charge in [0.25, 0.3) is 0 Å². The fourth-order valence-electron chi connectivity index (χ4n) is 4.19. The predicted octanol–water partition coefficient (Wildman–Crippen LogP) is 0.163. The van der Waals surface area contributed by atoms with Crippen molar-refractivity contribution in [3.8, 4) is 6.07 Å². The molecule has 1 aliphatic rings. The van der Waals surface area contributed by atoms with Gasteiger partial charge in [0, 0.05) is 29.1 Å². The summed E-state index contributed by atoms with van der Waals surface area (Å²) in [6.07, 6.45) is 0. The van der Waals surface area contributed by atoms with Gasteiger partial charge in [0.15, 0.2) is 0 Å². The number of nitrogens with one attached hydrogen (secondary N) is 2. The maximum absolute atomic E-state index is 12.8. The third-order valence-electron chi connectivity index (χ3n) is 5.80. The monoisotopic (exact) mass is 366 g/mol. The van der Waals surface area contributed by atoms with Crippen LogP contribution in [0, 0.1) is 25.2 Å². The molecule has 142 valence electrons. The molecule has 0 bridgehead atoms. The molecule has 0 aliphatic carbocycles. The number of carbonyl (C=O) groups is 1. The van der Waals surface area contributed by atoms with E-state index in [9.17, 15) is 4.79 Å². The molecule has 0 saturated carbocycles. The summed E-state index contributed by atoms with van der Waals surface area (Å²) in [5.41, 5.74) is 5.16. The lowest BCUT2D eigenvalue weighted by atomic mass is 10.1. The molecule has 1 aromatic carbocycles. The molecule has 0 amide bonds. The number of rotatable bonds is 6. The number of nitrogens with zero attached hydrogens (tertiary/aromatic N) is 2. The third-order valence-corrected chi connectivity index (χ3v) is 5.80. The van der Waals surface area contributed by atoms with Gasteiger partial charge in [-0.15, -0.1) is 0 Å². The Morgan fingerprint density at radius 2 is 1.74 bits per heavy atom. The largest absolute Gasteiger partial charge is 0.349 e. The Morgan fingerprint density at radius 1 is 1.11 bits per heavy atom. The molecule has 5 nitrogen and oxygen atoms in total. The highest BCUT2D eigenvalue weighted by Gasteiger charge is 2.26. The second-order valence-corrected chi connectivity index (χ2v) is 7.61. The van der Waals surface area contributed by atoms with E-state index in [1.54, 1.807) is 4.90 Å². The molecule has 0 radical (unpaired) electrons. The molecule has 5 heteroatoms. The number of aromatic nitrogens is 1. The Morgan fingerprint density at radius 3 is 2.30 bits per heavy atom. The summed E-state index contributed by atoms with van der Waals surface area (Å²) >= 11 is 0. The number of benzene rings is 1. The van der Waals surface area contributed by atoms with Gasteiger partial charge in [0.1, 0.15) is 39.3 Å². The van der Waals surface area contributed by atoms with Crippen molar-refractivity contribution in [2.75, 3.05) is 32.7 Å². The van der Waals surface area contributed by atoms with Gasteiger partial charge in [-0.2, -0.15) is 5.26 Å². The first-order valence-corrected chi connectivity index (χ1v) is 9.88. The highest BCUT2D eigenvalue weighted by Crippen LogP contribution is 2.15. The fourth-order valence-corrected chi connectivity index (χ4v) is 4.19. The summed E-state index contributed by atoms with van der Waals surface area (Å²) in [4.78, 5) is 15.7. The summed E-state index contributed by atoms with van der Waals surface area (Å²) in [5.74, 6) is 0.272.